The maximum Gasteiger partial charge on any atom is 0.140 e. The van der Waals surface area contributed by atoms with E-state index in [1.807, 2.05) is 0 Å². The third-order valence-corrected chi connectivity index (χ3v) is 6.74. The summed E-state index contributed by atoms with van der Waals surface area (Å²) in [5, 5.41) is 0. The van der Waals surface area contributed by atoms with E-state index >= 15 is 0 Å². The predicted molar refractivity (Wildman–Crippen MR) is 88.0 cm³/mol. The van der Waals surface area contributed by atoms with E-state index in [-0.39, 0.29) is 10.8 Å². The fourth-order valence-corrected chi connectivity index (χ4v) is 5.24. The first-order valence-corrected chi connectivity index (χ1v) is 8.67. The number of Topliss-reactive ketones (excluding diaryl/α,β-unsaturated/α-hetero) is 1. The molecule has 0 amide bonds. The van der Waals surface area contributed by atoms with E-state index in [2.05, 4.69) is 46.8 Å². The summed E-state index contributed by atoms with van der Waals surface area (Å²) in [6, 6.07) is 0. The number of hydrogen-bond donors (Lipinski definition) is 0. The van der Waals surface area contributed by atoms with Gasteiger partial charge in [-0.25, -0.2) is 0 Å². The van der Waals surface area contributed by atoms with Gasteiger partial charge in [0.25, 0.3) is 0 Å². The molecule has 0 aromatic heterocycles. The monoisotopic (exact) mass is 286 g/mol. The van der Waals surface area contributed by atoms with E-state index in [9.17, 15) is 4.79 Å². The maximum absolute atomic E-state index is 13.0. The Morgan fingerprint density at radius 3 is 2.57 bits per heavy atom. The molecule has 3 rings (SSSR count). The van der Waals surface area contributed by atoms with Crippen LogP contribution in [0.25, 0.3) is 0 Å². The first kappa shape index (κ1) is 15.1. The molecule has 0 heterocycles. The topological polar surface area (TPSA) is 17.1 Å². The van der Waals surface area contributed by atoms with Crippen LogP contribution in [0.2, 0.25) is 0 Å². The zero-order valence-electron chi connectivity index (χ0n) is 14.3. The van der Waals surface area contributed by atoms with E-state index < -0.39 is 0 Å². The van der Waals surface area contributed by atoms with Crippen LogP contribution in [-0.4, -0.2) is 5.78 Å². The number of ketones is 1. The van der Waals surface area contributed by atoms with E-state index in [1.54, 1.807) is 5.57 Å². The molecule has 0 spiro atoms. The van der Waals surface area contributed by atoms with Gasteiger partial charge >= 0.3 is 0 Å². The van der Waals surface area contributed by atoms with Crippen LogP contribution >= 0.6 is 0 Å². The molecule has 0 saturated heterocycles. The number of fused-ring (bicyclic) bond motifs is 3. The summed E-state index contributed by atoms with van der Waals surface area (Å²) < 4.78 is 0. The maximum atomic E-state index is 13.0. The van der Waals surface area contributed by atoms with Gasteiger partial charge in [-0.2, -0.15) is 0 Å². The van der Waals surface area contributed by atoms with Gasteiger partial charge in [0.1, 0.15) is 5.78 Å². The summed E-state index contributed by atoms with van der Waals surface area (Å²) in [6.45, 7) is 11.5. The molecule has 0 aliphatic heterocycles. The van der Waals surface area contributed by atoms with Crippen molar-refractivity contribution in [2.24, 2.45) is 28.6 Å². The van der Waals surface area contributed by atoms with Crippen molar-refractivity contribution in [3.63, 3.8) is 0 Å². The van der Waals surface area contributed by atoms with Crippen molar-refractivity contribution in [3.05, 3.63) is 23.3 Å². The third-order valence-electron chi connectivity index (χ3n) is 6.74. The molecule has 3 aliphatic rings. The minimum absolute atomic E-state index is 0.109. The summed E-state index contributed by atoms with van der Waals surface area (Å²) in [7, 11) is 0. The molecule has 1 nitrogen and oxygen atoms in total. The minimum Gasteiger partial charge on any atom is -0.299 e. The molecule has 0 aromatic rings. The van der Waals surface area contributed by atoms with Crippen LogP contribution in [0.5, 0.6) is 0 Å². The second-order valence-electron chi connectivity index (χ2n) is 8.61. The minimum atomic E-state index is -0.109. The predicted octanol–water partition coefficient (Wildman–Crippen LogP) is 5.32. The number of rotatable bonds is 1. The Bertz CT molecular complexity index is 524. The van der Waals surface area contributed by atoms with Gasteiger partial charge in [-0.3, -0.25) is 4.79 Å². The quantitative estimate of drug-likeness (QED) is 0.596. The van der Waals surface area contributed by atoms with Crippen molar-refractivity contribution in [3.8, 4) is 0 Å². The zero-order valence-corrected chi connectivity index (χ0v) is 14.3. The summed E-state index contributed by atoms with van der Waals surface area (Å²) >= 11 is 0. The highest BCUT2D eigenvalue weighted by atomic mass is 16.1. The Morgan fingerprint density at radius 1 is 1.19 bits per heavy atom. The number of carbonyl (C=O) groups excluding carboxylic acids is 1. The van der Waals surface area contributed by atoms with E-state index in [4.69, 9.17) is 0 Å². The lowest BCUT2D eigenvalue weighted by Gasteiger charge is -2.52. The van der Waals surface area contributed by atoms with Crippen molar-refractivity contribution in [1.29, 1.82) is 0 Å². The standard InChI is InChI=1S/C20H30O/c1-13(2)15-9-11-20(5)17(21)12-19(4)10-8-14(3)6-7-16(19)18(15)20/h8-9,13,16,18H,6-7,10-12H2,1-5H3/t16-,18-,19-,20+/m1/s1. The van der Waals surface area contributed by atoms with Crippen LogP contribution < -0.4 is 0 Å². The molecule has 3 aliphatic carbocycles. The molecule has 1 fully saturated rings. The van der Waals surface area contributed by atoms with Gasteiger partial charge in [-0.15, -0.1) is 0 Å². The van der Waals surface area contributed by atoms with Crippen LogP contribution in [0.4, 0.5) is 0 Å². The highest BCUT2D eigenvalue weighted by Crippen LogP contribution is 2.62. The highest BCUT2D eigenvalue weighted by Gasteiger charge is 2.58. The van der Waals surface area contributed by atoms with Crippen LogP contribution in [0, 0.1) is 28.6 Å². The average Bonchev–Trinajstić information content (AvgIpc) is 2.69. The summed E-state index contributed by atoms with van der Waals surface area (Å²) in [6.07, 6.45) is 10.1. The molecule has 0 radical (unpaired) electrons. The largest absolute Gasteiger partial charge is 0.299 e. The molecule has 116 valence electrons. The zero-order chi connectivity index (χ0) is 15.4. The molecule has 1 heteroatoms. The lowest BCUT2D eigenvalue weighted by Crippen LogP contribution is -2.51. The molecule has 0 unspecified atom stereocenters. The SMILES string of the molecule is CC1=CC[C@]2(C)CC(=O)[C@]3(C)CC=C(C(C)C)[C@@H]3[C@H]2CC1. The van der Waals surface area contributed by atoms with Crippen molar-refractivity contribution in [1.82, 2.24) is 0 Å². The van der Waals surface area contributed by atoms with Crippen molar-refractivity contribution in [2.45, 2.75) is 66.7 Å². The van der Waals surface area contributed by atoms with Crippen LogP contribution in [0.1, 0.15) is 66.7 Å². The number of carbonyl (C=O) groups is 1. The van der Waals surface area contributed by atoms with Gasteiger partial charge in [-0.1, -0.05) is 51.0 Å². The van der Waals surface area contributed by atoms with E-state index in [1.165, 1.54) is 18.4 Å². The molecular weight excluding hydrogens is 256 g/mol. The van der Waals surface area contributed by atoms with Gasteiger partial charge in [0.15, 0.2) is 0 Å². The third kappa shape index (κ3) is 2.15. The lowest BCUT2D eigenvalue weighted by atomic mass is 9.50. The summed E-state index contributed by atoms with van der Waals surface area (Å²) in [5.41, 5.74) is 3.16. The molecule has 0 N–H and O–H groups in total. The van der Waals surface area contributed by atoms with Gasteiger partial charge < -0.3 is 0 Å². The Kier molecular flexibility index (Phi) is 3.46. The smallest absolute Gasteiger partial charge is 0.140 e. The van der Waals surface area contributed by atoms with Gasteiger partial charge in [0, 0.05) is 11.8 Å². The molecule has 21 heavy (non-hydrogen) atoms. The lowest BCUT2D eigenvalue weighted by molar-refractivity contribution is -0.142. The van der Waals surface area contributed by atoms with Crippen LogP contribution in [0.3, 0.4) is 0 Å². The second kappa shape index (κ2) is 4.83. The Morgan fingerprint density at radius 2 is 1.90 bits per heavy atom. The Hall–Kier alpha value is -0.850. The van der Waals surface area contributed by atoms with Gasteiger partial charge in [0.2, 0.25) is 0 Å². The van der Waals surface area contributed by atoms with Crippen molar-refractivity contribution >= 4 is 5.78 Å². The van der Waals surface area contributed by atoms with E-state index in [0.717, 1.165) is 19.3 Å². The van der Waals surface area contributed by atoms with Gasteiger partial charge in [0.05, 0.1) is 0 Å². The molecule has 4 atom stereocenters. The van der Waals surface area contributed by atoms with Crippen LogP contribution in [-0.2, 0) is 4.79 Å². The second-order valence-corrected chi connectivity index (χ2v) is 8.61. The van der Waals surface area contributed by atoms with E-state index in [0.29, 0.717) is 23.5 Å². The Balaban J connectivity index is 2.05. The normalized spacial score (nSPS) is 43.0. The molecule has 1 saturated carbocycles. The fraction of sp³-hybridized carbons (Fsp3) is 0.750. The van der Waals surface area contributed by atoms with Crippen molar-refractivity contribution in [2.75, 3.05) is 0 Å². The first-order valence-electron chi connectivity index (χ1n) is 8.67. The molecular formula is C20H30O. The highest BCUT2D eigenvalue weighted by molar-refractivity contribution is 5.88. The molecule has 0 aromatic carbocycles. The fourth-order valence-electron chi connectivity index (χ4n) is 5.24. The van der Waals surface area contributed by atoms with Gasteiger partial charge in [-0.05, 0) is 55.8 Å². The number of allylic oxidation sites excluding steroid dienone is 4. The van der Waals surface area contributed by atoms with Crippen molar-refractivity contribution < 1.29 is 4.79 Å². The first-order chi connectivity index (χ1) is 9.78. The Labute approximate surface area is 129 Å². The van der Waals surface area contributed by atoms with Crippen LogP contribution in [0.15, 0.2) is 23.3 Å². The summed E-state index contributed by atoms with van der Waals surface area (Å²) in [5.74, 6) is 2.25. The number of hydrogen-bond acceptors (Lipinski definition) is 1. The molecule has 0 bridgehead atoms. The summed E-state index contributed by atoms with van der Waals surface area (Å²) in [4.78, 5) is 13.0. The average molecular weight is 286 g/mol.